The van der Waals surface area contributed by atoms with Crippen LogP contribution < -0.4 is 0 Å². The van der Waals surface area contributed by atoms with Crippen LogP contribution in [0.5, 0.6) is 0 Å². The van der Waals surface area contributed by atoms with Gasteiger partial charge in [-0.3, -0.25) is 0 Å². The molecule has 0 saturated carbocycles. The molecule has 1 unspecified atom stereocenters. The van der Waals surface area contributed by atoms with Crippen molar-refractivity contribution in [1.82, 2.24) is 0 Å². The summed E-state index contributed by atoms with van der Waals surface area (Å²) >= 11 is 3.12. The van der Waals surface area contributed by atoms with E-state index in [4.69, 9.17) is 0 Å². The van der Waals surface area contributed by atoms with Crippen LogP contribution in [-0.2, 0) is 0 Å². The van der Waals surface area contributed by atoms with Gasteiger partial charge in [-0.15, -0.1) is 0 Å². The Bertz CT molecular complexity index is 584. The van der Waals surface area contributed by atoms with Crippen molar-refractivity contribution < 1.29 is 18.3 Å². The van der Waals surface area contributed by atoms with E-state index in [-0.39, 0.29) is 11.1 Å². The fourth-order valence-corrected chi connectivity index (χ4v) is 2.00. The van der Waals surface area contributed by atoms with Crippen LogP contribution in [-0.4, -0.2) is 5.11 Å². The fourth-order valence-electron chi connectivity index (χ4n) is 1.62. The molecular formula is C13H8BrF3O. The molecule has 0 amide bonds. The third-order valence-electron chi connectivity index (χ3n) is 2.53. The van der Waals surface area contributed by atoms with Crippen molar-refractivity contribution >= 4 is 15.9 Å². The number of aliphatic hydroxyl groups is 1. The van der Waals surface area contributed by atoms with Crippen LogP contribution in [0, 0.1) is 17.5 Å². The Morgan fingerprint density at radius 1 is 0.944 bits per heavy atom. The first-order chi connectivity index (χ1) is 8.50. The van der Waals surface area contributed by atoms with E-state index in [1.807, 2.05) is 0 Å². The fraction of sp³-hybridized carbons (Fsp3) is 0.0769. The van der Waals surface area contributed by atoms with Crippen LogP contribution in [0.2, 0.25) is 0 Å². The summed E-state index contributed by atoms with van der Waals surface area (Å²) in [5, 5.41) is 9.93. The van der Waals surface area contributed by atoms with Crippen LogP contribution in [0.3, 0.4) is 0 Å². The van der Waals surface area contributed by atoms with Crippen molar-refractivity contribution in [1.29, 1.82) is 0 Å². The highest BCUT2D eigenvalue weighted by atomic mass is 79.9. The Morgan fingerprint density at radius 2 is 1.67 bits per heavy atom. The number of hydrogen-bond acceptors (Lipinski definition) is 1. The zero-order chi connectivity index (χ0) is 13.3. The lowest BCUT2D eigenvalue weighted by molar-refractivity contribution is 0.208. The Balaban J connectivity index is 2.51. The number of rotatable bonds is 2. The summed E-state index contributed by atoms with van der Waals surface area (Å²) < 4.78 is 40.6. The predicted octanol–water partition coefficient (Wildman–Crippen LogP) is 3.95. The molecule has 2 aromatic carbocycles. The third kappa shape index (κ3) is 2.42. The highest BCUT2D eigenvalue weighted by molar-refractivity contribution is 9.10. The van der Waals surface area contributed by atoms with E-state index in [1.54, 1.807) is 0 Å². The van der Waals surface area contributed by atoms with Gasteiger partial charge in [0.2, 0.25) is 0 Å². The van der Waals surface area contributed by atoms with Gasteiger partial charge in [-0.25, -0.2) is 13.2 Å². The van der Waals surface area contributed by atoms with Gasteiger partial charge in [0.15, 0.2) is 11.6 Å². The summed E-state index contributed by atoms with van der Waals surface area (Å²) in [6.07, 6.45) is -1.56. The molecule has 0 saturated heterocycles. The van der Waals surface area contributed by atoms with Crippen LogP contribution in [0.25, 0.3) is 0 Å². The predicted molar refractivity (Wildman–Crippen MR) is 64.5 cm³/mol. The molecule has 0 radical (unpaired) electrons. The van der Waals surface area contributed by atoms with Crippen molar-refractivity contribution in [3.8, 4) is 0 Å². The Labute approximate surface area is 110 Å². The smallest absolute Gasteiger partial charge is 0.164 e. The molecule has 2 rings (SSSR count). The lowest BCUT2D eigenvalue weighted by Gasteiger charge is -2.13. The SMILES string of the molecule is OC(c1cc(Br)ccc1F)c1cccc(F)c1F. The van der Waals surface area contributed by atoms with Gasteiger partial charge in [-0.2, -0.15) is 0 Å². The monoisotopic (exact) mass is 316 g/mol. The molecule has 0 heterocycles. The van der Waals surface area contributed by atoms with E-state index in [1.165, 1.54) is 24.3 Å². The van der Waals surface area contributed by atoms with E-state index >= 15 is 0 Å². The average Bonchev–Trinajstić information content (AvgIpc) is 2.35. The number of aliphatic hydroxyl groups excluding tert-OH is 1. The van der Waals surface area contributed by atoms with Crippen LogP contribution >= 0.6 is 15.9 Å². The van der Waals surface area contributed by atoms with Crippen LogP contribution in [0.15, 0.2) is 40.9 Å². The average molecular weight is 317 g/mol. The Morgan fingerprint density at radius 3 is 2.39 bits per heavy atom. The summed E-state index contributed by atoms with van der Waals surface area (Å²) in [4.78, 5) is 0. The van der Waals surface area contributed by atoms with Gasteiger partial charge in [-0.05, 0) is 24.3 Å². The lowest BCUT2D eigenvalue weighted by atomic mass is 10.0. The maximum Gasteiger partial charge on any atom is 0.164 e. The maximum atomic E-state index is 13.5. The van der Waals surface area contributed by atoms with Gasteiger partial charge in [0, 0.05) is 15.6 Å². The first-order valence-electron chi connectivity index (χ1n) is 5.07. The minimum atomic E-state index is -1.56. The number of hydrogen-bond donors (Lipinski definition) is 1. The molecule has 18 heavy (non-hydrogen) atoms. The van der Waals surface area contributed by atoms with E-state index in [0.29, 0.717) is 4.47 Å². The van der Waals surface area contributed by atoms with Gasteiger partial charge in [0.1, 0.15) is 11.9 Å². The normalized spacial score (nSPS) is 12.5. The molecule has 0 aromatic heterocycles. The topological polar surface area (TPSA) is 20.2 Å². The molecule has 0 spiro atoms. The summed E-state index contributed by atoms with van der Waals surface area (Å²) in [6, 6.07) is 7.32. The highest BCUT2D eigenvalue weighted by Crippen LogP contribution is 2.29. The number of benzene rings is 2. The summed E-state index contributed by atoms with van der Waals surface area (Å²) in [6.45, 7) is 0. The molecule has 1 nitrogen and oxygen atoms in total. The van der Waals surface area contributed by atoms with E-state index in [0.717, 1.165) is 12.1 Å². The zero-order valence-electron chi connectivity index (χ0n) is 9.00. The molecule has 0 aliphatic rings. The van der Waals surface area contributed by atoms with Gasteiger partial charge >= 0.3 is 0 Å². The van der Waals surface area contributed by atoms with Gasteiger partial charge in [0.25, 0.3) is 0 Å². The second-order valence-corrected chi connectivity index (χ2v) is 4.63. The van der Waals surface area contributed by atoms with Crippen molar-refractivity contribution in [2.45, 2.75) is 6.10 Å². The van der Waals surface area contributed by atoms with Crippen molar-refractivity contribution in [3.05, 3.63) is 69.4 Å². The Hall–Kier alpha value is -1.33. The summed E-state index contributed by atoms with van der Waals surface area (Å²) in [5.74, 6) is -2.94. The standard InChI is InChI=1S/C13H8BrF3O/c14-7-4-5-10(15)9(6-7)13(18)8-2-1-3-11(16)12(8)17/h1-6,13,18H. The zero-order valence-corrected chi connectivity index (χ0v) is 10.6. The van der Waals surface area contributed by atoms with Crippen molar-refractivity contribution in [2.24, 2.45) is 0 Å². The van der Waals surface area contributed by atoms with Crippen LogP contribution in [0.1, 0.15) is 17.2 Å². The second-order valence-electron chi connectivity index (χ2n) is 3.71. The quantitative estimate of drug-likeness (QED) is 0.889. The maximum absolute atomic E-state index is 13.5. The molecule has 0 bridgehead atoms. The molecule has 2 aromatic rings. The second kappa shape index (κ2) is 5.12. The van der Waals surface area contributed by atoms with Gasteiger partial charge < -0.3 is 5.11 Å². The first-order valence-corrected chi connectivity index (χ1v) is 5.87. The lowest BCUT2D eigenvalue weighted by Crippen LogP contribution is -2.06. The largest absolute Gasteiger partial charge is 0.383 e. The van der Waals surface area contributed by atoms with Gasteiger partial charge in [-0.1, -0.05) is 28.1 Å². The van der Waals surface area contributed by atoms with Gasteiger partial charge in [0.05, 0.1) is 0 Å². The molecule has 0 aliphatic heterocycles. The molecule has 5 heteroatoms. The number of halogens is 4. The highest BCUT2D eigenvalue weighted by Gasteiger charge is 2.20. The van der Waals surface area contributed by atoms with Crippen molar-refractivity contribution in [3.63, 3.8) is 0 Å². The Kier molecular flexibility index (Phi) is 3.73. The van der Waals surface area contributed by atoms with E-state index in [9.17, 15) is 18.3 Å². The molecule has 1 atom stereocenters. The van der Waals surface area contributed by atoms with E-state index in [2.05, 4.69) is 15.9 Å². The third-order valence-corrected chi connectivity index (χ3v) is 3.02. The summed E-state index contributed by atoms with van der Waals surface area (Å²) in [5.41, 5.74) is -0.416. The minimum absolute atomic E-state index is 0.117. The van der Waals surface area contributed by atoms with E-state index < -0.39 is 23.6 Å². The summed E-state index contributed by atoms with van der Waals surface area (Å²) in [7, 11) is 0. The first kappa shape index (κ1) is 13.1. The molecule has 94 valence electrons. The van der Waals surface area contributed by atoms with Crippen molar-refractivity contribution in [2.75, 3.05) is 0 Å². The molecular weight excluding hydrogens is 309 g/mol. The molecule has 0 aliphatic carbocycles. The molecule has 1 N–H and O–H groups in total. The van der Waals surface area contributed by atoms with Crippen LogP contribution in [0.4, 0.5) is 13.2 Å². The molecule has 0 fully saturated rings. The minimum Gasteiger partial charge on any atom is -0.383 e.